The number of hydrazone groups is 1. The lowest BCUT2D eigenvalue weighted by Gasteiger charge is -2.31. The number of amides is 2. The third-order valence-electron chi connectivity index (χ3n) is 10.0. The highest BCUT2D eigenvalue weighted by Gasteiger charge is 2.49. The molecule has 1 atom stereocenters. The normalized spacial score (nSPS) is 17.0. The van der Waals surface area contributed by atoms with Crippen molar-refractivity contribution in [3.05, 3.63) is 143 Å². The number of benzene rings is 4. The lowest BCUT2D eigenvalue weighted by molar-refractivity contribution is -0.141. The summed E-state index contributed by atoms with van der Waals surface area (Å²) in [5.41, 5.74) is 3.66. The summed E-state index contributed by atoms with van der Waals surface area (Å²) in [6.45, 7) is -0.945. The Hall–Kier alpha value is -5.65. The second kappa shape index (κ2) is 14.1. The fourth-order valence-corrected chi connectivity index (χ4v) is 7.58. The maximum Gasteiger partial charge on any atom is 0.416 e. The topological polar surface area (TPSA) is 73.8 Å². The lowest BCUT2D eigenvalue weighted by atomic mass is 9.73. The van der Waals surface area contributed by atoms with Crippen LogP contribution in [0.15, 0.2) is 126 Å². The molecule has 0 fully saturated rings. The number of allylic oxidation sites excluding steroid dienone is 1. The number of halogens is 6. The van der Waals surface area contributed by atoms with Crippen molar-refractivity contribution in [2.24, 2.45) is 5.10 Å². The largest absolute Gasteiger partial charge is 0.416 e. The average Bonchev–Trinajstić information content (AvgIpc) is 3.70. The van der Waals surface area contributed by atoms with Crippen LogP contribution in [0.1, 0.15) is 52.7 Å². The van der Waals surface area contributed by atoms with E-state index in [4.69, 9.17) is 0 Å². The van der Waals surface area contributed by atoms with Gasteiger partial charge in [-0.1, -0.05) is 91.0 Å². The molecule has 4 aromatic carbocycles. The molecule has 53 heavy (non-hydrogen) atoms. The third kappa shape index (κ3) is 6.97. The Morgan fingerprint density at radius 1 is 0.792 bits per heavy atom. The minimum absolute atomic E-state index is 0.263. The summed E-state index contributed by atoms with van der Waals surface area (Å²) in [7, 11) is 0. The van der Waals surface area contributed by atoms with Crippen LogP contribution in [0, 0.1) is 0 Å². The molecule has 2 amide bonds. The summed E-state index contributed by atoms with van der Waals surface area (Å²) in [6, 6.07) is 25.8. The predicted octanol–water partition coefficient (Wildman–Crippen LogP) is 8.80. The predicted molar refractivity (Wildman–Crippen MR) is 190 cm³/mol. The number of hydrogen-bond acceptors (Lipinski definition) is 4. The van der Waals surface area contributed by atoms with Gasteiger partial charge in [0.05, 0.1) is 17.8 Å². The van der Waals surface area contributed by atoms with E-state index in [9.17, 15) is 35.9 Å². The first kappa shape index (κ1) is 35.7. The van der Waals surface area contributed by atoms with Crippen molar-refractivity contribution in [1.29, 1.82) is 0 Å². The molecule has 1 unspecified atom stereocenters. The third-order valence-corrected chi connectivity index (χ3v) is 10.0. The Bertz CT molecular complexity index is 2090. The van der Waals surface area contributed by atoms with Gasteiger partial charge in [-0.3, -0.25) is 14.6 Å². The van der Waals surface area contributed by atoms with Gasteiger partial charge in [0.15, 0.2) is 0 Å². The van der Waals surface area contributed by atoms with Crippen LogP contribution in [-0.4, -0.2) is 48.3 Å². The number of carbonyl (C=O) groups is 2. The maximum absolute atomic E-state index is 13.8. The van der Waals surface area contributed by atoms with Crippen molar-refractivity contribution in [3.63, 3.8) is 0 Å². The Balaban J connectivity index is 1.05. The second-order valence-corrected chi connectivity index (χ2v) is 13.2. The van der Waals surface area contributed by atoms with Gasteiger partial charge >= 0.3 is 12.4 Å². The Morgan fingerprint density at radius 2 is 1.42 bits per heavy atom. The van der Waals surface area contributed by atoms with E-state index >= 15 is 0 Å². The molecule has 0 radical (unpaired) electrons. The van der Waals surface area contributed by atoms with Crippen LogP contribution >= 0.6 is 0 Å². The van der Waals surface area contributed by atoms with Gasteiger partial charge in [0.1, 0.15) is 12.0 Å². The van der Waals surface area contributed by atoms with Gasteiger partial charge in [-0.15, -0.1) is 0 Å². The van der Waals surface area contributed by atoms with E-state index in [-0.39, 0.29) is 12.5 Å². The zero-order chi connectivity index (χ0) is 37.4. The summed E-state index contributed by atoms with van der Waals surface area (Å²) in [5.74, 6) is -1.10. The van der Waals surface area contributed by atoms with Crippen LogP contribution in [0.4, 0.5) is 26.3 Å². The van der Waals surface area contributed by atoms with E-state index in [0.717, 1.165) is 28.8 Å². The van der Waals surface area contributed by atoms with Gasteiger partial charge in [0.2, 0.25) is 5.91 Å². The molecule has 0 spiro atoms. The van der Waals surface area contributed by atoms with E-state index < -0.39 is 41.7 Å². The molecule has 0 bridgehead atoms. The van der Waals surface area contributed by atoms with Crippen molar-refractivity contribution in [2.75, 3.05) is 13.1 Å². The number of rotatable bonds is 10. The van der Waals surface area contributed by atoms with Crippen molar-refractivity contribution in [3.8, 4) is 22.3 Å². The van der Waals surface area contributed by atoms with Crippen molar-refractivity contribution < 1.29 is 35.9 Å². The van der Waals surface area contributed by atoms with Crippen molar-refractivity contribution in [1.82, 2.24) is 15.6 Å². The van der Waals surface area contributed by atoms with E-state index in [1.54, 1.807) is 42.6 Å². The summed E-state index contributed by atoms with van der Waals surface area (Å²) in [4.78, 5) is 27.4. The average molecular weight is 729 g/mol. The summed E-state index contributed by atoms with van der Waals surface area (Å²) < 4.78 is 79.2. The van der Waals surface area contributed by atoms with E-state index in [1.165, 1.54) is 12.1 Å². The summed E-state index contributed by atoms with van der Waals surface area (Å²) in [5, 5.41) is 11.7. The molecule has 12 heteroatoms. The van der Waals surface area contributed by atoms with Gasteiger partial charge in [0, 0.05) is 29.8 Å². The Morgan fingerprint density at radius 3 is 2.06 bits per heavy atom. The molecule has 0 saturated carbocycles. The van der Waals surface area contributed by atoms with Gasteiger partial charge in [-0.2, -0.15) is 31.4 Å². The molecule has 3 aliphatic rings. The van der Waals surface area contributed by atoms with Crippen molar-refractivity contribution in [2.45, 2.75) is 49.5 Å². The fraction of sp³-hybridized carbons (Fsp3) is 0.244. The Labute approximate surface area is 301 Å². The summed E-state index contributed by atoms with van der Waals surface area (Å²) >= 11 is 0. The molecule has 4 aromatic rings. The highest BCUT2D eigenvalue weighted by molar-refractivity contribution is 6.03. The number of nitrogens with one attached hydrogen (secondary N) is 2. The van der Waals surface area contributed by atoms with Crippen molar-refractivity contribution >= 4 is 18.0 Å². The molecule has 6 nitrogen and oxygen atoms in total. The Kier molecular flexibility index (Phi) is 9.48. The number of unbranched alkanes of at least 4 members (excludes halogenated alkanes) is 1. The first-order chi connectivity index (χ1) is 25.4. The lowest BCUT2D eigenvalue weighted by Crippen LogP contribution is -2.47. The summed E-state index contributed by atoms with van der Waals surface area (Å²) in [6.07, 6.45) is -1.61. The molecule has 0 saturated heterocycles. The standard InChI is InChI=1S/C41H34F6N4O2/c42-40(43,44)25-48-38(53)39(33-14-5-3-11-29(33)30-12-4-6-15-34(30)39)22-7-8-23-51-36-17-9-16-35(32(36)24-49-51)50-37(52)31-13-2-1-10-28(31)26-18-20-27(21-19-26)41(45,46)47/h1-6,9-15,17-21,24,36H,7-8,16,22-23,25H2,(H,48,53)(H,50,52). The minimum Gasteiger partial charge on any atom is -0.346 e. The van der Waals surface area contributed by atoms with Crippen LogP contribution < -0.4 is 10.6 Å². The van der Waals surface area contributed by atoms with Crippen LogP contribution in [0.2, 0.25) is 0 Å². The molecule has 2 N–H and O–H groups in total. The highest BCUT2D eigenvalue weighted by Crippen LogP contribution is 2.51. The molecule has 272 valence electrons. The number of carbonyl (C=O) groups excluding carboxylic acids is 2. The molecule has 1 aliphatic heterocycles. The maximum atomic E-state index is 13.8. The number of fused-ring (bicyclic) bond motifs is 4. The molecule has 0 aromatic heterocycles. The van der Waals surface area contributed by atoms with Gasteiger partial charge in [0.25, 0.3) is 5.91 Å². The highest BCUT2D eigenvalue weighted by atomic mass is 19.4. The van der Waals surface area contributed by atoms with E-state index in [0.29, 0.717) is 59.3 Å². The number of alkyl halides is 6. The molecular weight excluding hydrogens is 694 g/mol. The molecule has 7 rings (SSSR count). The van der Waals surface area contributed by atoms with Crippen LogP contribution in [-0.2, 0) is 16.4 Å². The molecule has 1 heterocycles. The van der Waals surface area contributed by atoms with E-state index in [1.807, 2.05) is 53.6 Å². The van der Waals surface area contributed by atoms with Crippen LogP contribution in [0.25, 0.3) is 22.3 Å². The monoisotopic (exact) mass is 728 g/mol. The quantitative estimate of drug-likeness (QED) is 0.0975. The second-order valence-electron chi connectivity index (χ2n) is 13.2. The van der Waals surface area contributed by atoms with Gasteiger partial charge < -0.3 is 10.6 Å². The zero-order valence-electron chi connectivity index (χ0n) is 28.3. The number of nitrogens with zero attached hydrogens (tertiary/aromatic N) is 2. The minimum atomic E-state index is -4.56. The first-order valence-corrected chi connectivity index (χ1v) is 17.2. The molecular formula is C41H34F6N4O2. The SMILES string of the molecule is O=C(NC1=C2C=NN(CCCCC3(C(=O)NCC(F)(F)F)c4ccccc4-c4ccccc43)C2C=CC1)c1ccccc1-c1ccc(C(F)(F)F)cc1. The van der Waals surface area contributed by atoms with Gasteiger partial charge in [-0.25, -0.2) is 0 Å². The zero-order valence-corrected chi connectivity index (χ0v) is 28.3. The van der Waals surface area contributed by atoms with Crippen LogP contribution in [0.5, 0.6) is 0 Å². The first-order valence-electron chi connectivity index (χ1n) is 17.2. The smallest absolute Gasteiger partial charge is 0.346 e. The number of hydrogen-bond donors (Lipinski definition) is 2. The molecule has 2 aliphatic carbocycles. The van der Waals surface area contributed by atoms with Crippen LogP contribution in [0.3, 0.4) is 0 Å². The van der Waals surface area contributed by atoms with E-state index in [2.05, 4.69) is 15.7 Å². The van der Waals surface area contributed by atoms with Gasteiger partial charge in [-0.05, 0) is 70.8 Å². The fourth-order valence-electron chi connectivity index (χ4n) is 7.58.